The minimum absolute atomic E-state index is 0.548. The standard InChI is InChI=1S/C13H16BrN3/c14-10-1-2-12-9(7-17-13(12)6-10)5-11-8-15-3-4-16-11/h1-2,6-7,11,15-17H,3-5,8H2. The molecule has 3 rings (SSSR count). The van der Waals surface area contributed by atoms with Gasteiger partial charge in [-0.2, -0.15) is 0 Å². The topological polar surface area (TPSA) is 39.8 Å². The molecule has 1 aromatic carbocycles. The van der Waals surface area contributed by atoms with Gasteiger partial charge in [-0.05, 0) is 24.1 Å². The van der Waals surface area contributed by atoms with Crippen molar-refractivity contribution in [2.75, 3.05) is 19.6 Å². The monoisotopic (exact) mass is 293 g/mol. The zero-order valence-corrected chi connectivity index (χ0v) is 11.2. The molecule has 1 unspecified atom stereocenters. The molecule has 1 aromatic heterocycles. The quantitative estimate of drug-likeness (QED) is 0.793. The Kier molecular flexibility index (Phi) is 3.18. The maximum absolute atomic E-state index is 3.55. The summed E-state index contributed by atoms with van der Waals surface area (Å²) < 4.78 is 1.12. The van der Waals surface area contributed by atoms with Crippen LogP contribution in [0.3, 0.4) is 0 Å². The number of piperazine rings is 1. The summed E-state index contributed by atoms with van der Waals surface area (Å²) in [5.41, 5.74) is 2.60. The fourth-order valence-electron chi connectivity index (χ4n) is 2.45. The molecule has 1 aliphatic rings. The Labute approximate surface area is 109 Å². The van der Waals surface area contributed by atoms with Crippen LogP contribution in [0.25, 0.3) is 10.9 Å². The lowest BCUT2D eigenvalue weighted by molar-refractivity contribution is 0.417. The second-order valence-corrected chi connectivity index (χ2v) is 5.48. The molecule has 3 N–H and O–H groups in total. The van der Waals surface area contributed by atoms with Crippen molar-refractivity contribution < 1.29 is 0 Å². The number of hydrogen-bond acceptors (Lipinski definition) is 2. The van der Waals surface area contributed by atoms with E-state index < -0.39 is 0 Å². The van der Waals surface area contributed by atoms with Crippen LogP contribution < -0.4 is 10.6 Å². The second-order valence-electron chi connectivity index (χ2n) is 4.56. The fourth-order valence-corrected chi connectivity index (χ4v) is 2.81. The molecule has 1 fully saturated rings. The van der Waals surface area contributed by atoms with E-state index in [1.165, 1.54) is 16.5 Å². The summed E-state index contributed by atoms with van der Waals surface area (Å²) in [6, 6.07) is 6.96. The summed E-state index contributed by atoms with van der Waals surface area (Å²) in [7, 11) is 0. The minimum atomic E-state index is 0.548. The first kappa shape index (κ1) is 11.3. The molecule has 17 heavy (non-hydrogen) atoms. The van der Waals surface area contributed by atoms with Gasteiger partial charge >= 0.3 is 0 Å². The van der Waals surface area contributed by atoms with Gasteiger partial charge in [0.15, 0.2) is 0 Å². The highest BCUT2D eigenvalue weighted by atomic mass is 79.9. The molecular formula is C13H16BrN3. The predicted molar refractivity (Wildman–Crippen MR) is 74.4 cm³/mol. The molecule has 2 heterocycles. The predicted octanol–water partition coefficient (Wildman–Crippen LogP) is 2.03. The van der Waals surface area contributed by atoms with Crippen molar-refractivity contribution in [1.82, 2.24) is 15.6 Å². The van der Waals surface area contributed by atoms with E-state index in [4.69, 9.17) is 0 Å². The number of aromatic amines is 1. The highest BCUT2D eigenvalue weighted by Gasteiger charge is 2.14. The first-order valence-electron chi connectivity index (χ1n) is 6.02. The van der Waals surface area contributed by atoms with Crippen LogP contribution in [0.15, 0.2) is 28.9 Å². The van der Waals surface area contributed by atoms with Gasteiger partial charge in [-0.1, -0.05) is 22.0 Å². The number of aromatic nitrogens is 1. The smallest absolute Gasteiger partial charge is 0.0468 e. The first-order chi connectivity index (χ1) is 8.33. The summed E-state index contributed by atoms with van der Waals surface area (Å²) in [6.45, 7) is 3.21. The Morgan fingerprint density at radius 1 is 1.29 bits per heavy atom. The van der Waals surface area contributed by atoms with Crippen molar-refractivity contribution in [1.29, 1.82) is 0 Å². The van der Waals surface area contributed by atoms with Crippen molar-refractivity contribution in [3.8, 4) is 0 Å². The van der Waals surface area contributed by atoms with E-state index in [9.17, 15) is 0 Å². The molecule has 1 aliphatic heterocycles. The molecule has 0 spiro atoms. The van der Waals surface area contributed by atoms with Crippen LogP contribution in [0.1, 0.15) is 5.56 Å². The van der Waals surface area contributed by atoms with Crippen LogP contribution in [0.4, 0.5) is 0 Å². The Bertz CT molecular complexity index is 514. The van der Waals surface area contributed by atoms with E-state index in [1.54, 1.807) is 0 Å². The molecule has 0 amide bonds. The van der Waals surface area contributed by atoms with Crippen molar-refractivity contribution >= 4 is 26.8 Å². The minimum Gasteiger partial charge on any atom is -0.361 e. The van der Waals surface area contributed by atoms with Crippen molar-refractivity contribution in [3.05, 3.63) is 34.4 Å². The van der Waals surface area contributed by atoms with E-state index >= 15 is 0 Å². The summed E-state index contributed by atoms with van der Waals surface area (Å²) in [6.07, 6.45) is 3.21. The van der Waals surface area contributed by atoms with Crippen molar-refractivity contribution in [2.45, 2.75) is 12.5 Å². The van der Waals surface area contributed by atoms with Crippen LogP contribution in [0.2, 0.25) is 0 Å². The molecule has 0 radical (unpaired) electrons. The van der Waals surface area contributed by atoms with Gasteiger partial charge in [0.25, 0.3) is 0 Å². The molecule has 0 saturated carbocycles. The highest BCUT2D eigenvalue weighted by Crippen LogP contribution is 2.23. The number of rotatable bonds is 2. The van der Waals surface area contributed by atoms with E-state index in [-0.39, 0.29) is 0 Å². The summed E-state index contributed by atoms with van der Waals surface area (Å²) in [5, 5.41) is 8.31. The maximum atomic E-state index is 3.55. The average molecular weight is 294 g/mol. The van der Waals surface area contributed by atoms with E-state index in [0.717, 1.165) is 30.5 Å². The molecular weight excluding hydrogens is 278 g/mol. The van der Waals surface area contributed by atoms with Crippen LogP contribution in [0, 0.1) is 0 Å². The number of hydrogen-bond donors (Lipinski definition) is 3. The number of benzene rings is 1. The van der Waals surface area contributed by atoms with Gasteiger partial charge in [-0.15, -0.1) is 0 Å². The number of halogens is 1. The zero-order valence-electron chi connectivity index (χ0n) is 9.59. The molecule has 90 valence electrons. The highest BCUT2D eigenvalue weighted by molar-refractivity contribution is 9.10. The fraction of sp³-hybridized carbons (Fsp3) is 0.385. The van der Waals surface area contributed by atoms with Gasteiger partial charge in [0.1, 0.15) is 0 Å². The molecule has 2 aromatic rings. The van der Waals surface area contributed by atoms with Gasteiger partial charge < -0.3 is 15.6 Å². The Balaban J connectivity index is 1.84. The molecule has 1 saturated heterocycles. The Morgan fingerprint density at radius 2 is 2.24 bits per heavy atom. The normalized spacial score (nSPS) is 20.9. The number of fused-ring (bicyclic) bond motifs is 1. The third-order valence-electron chi connectivity index (χ3n) is 3.32. The van der Waals surface area contributed by atoms with Gasteiger partial charge in [-0.3, -0.25) is 0 Å². The molecule has 4 heteroatoms. The van der Waals surface area contributed by atoms with E-state index in [2.05, 4.69) is 55.9 Å². The van der Waals surface area contributed by atoms with Crippen LogP contribution in [-0.4, -0.2) is 30.7 Å². The van der Waals surface area contributed by atoms with Gasteiger partial charge in [0.05, 0.1) is 0 Å². The van der Waals surface area contributed by atoms with Crippen molar-refractivity contribution in [2.24, 2.45) is 0 Å². The van der Waals surface area contributed by atoms with Gasteiger partial charge in [-0.25, -0.2) is 0 Å². The van der Waals surface area contributed by atoms with Crippen LogP contribution in [-0.2, 0) is 6.42 Å². The number of H-pyrrole nitrogens is 1. The van der Waals surface area contributed by atoms with Gasteiger partial charge in [0, 0.05) is 47.2 Å². The maximum Gasteiger partial charge on any atom is 0.0468 e. The lowest BCUT2D eigenvalue weighted by Crippen LogP contribution is -2.49. The van der Waals surface area contributed by atoms with Crippen molar-refractivity contribution in [3.63, 3.8) is 0 Å². The SMILES string of the molecule is Brc1ccc2c(CC3CNCCN3)c[nH]c2c1. The van der Waals surface area contributed by atoms with Crippen LogP contribution in [0.5, 0.6) is 0 Å². The molecule has 0 bridgehead atoms. The molecule has 0 aliphatic carbocycles. The zero-order chi connectivity index (χ0) is 11.7. The van der Waals surface area contributed by atoms with E-state index in [1.807, 2.05) is 0 Å². The summed E-state index contributed by atoms with van der Waals surface area (Å²) >= 11 is 3.50. The summed E-state index contributed by atoms with van der Waals surface area (Å²) in [5.74, 6) is 0. The first-order valence-corrected chi connectivity index (χ1v) is 6.82. The van der Waals surface area contributed by atoms with Crippen LogP contribution >= 0.6 is 15.9 Å². The third kappa shape index (κ3) is 2.39. The second kappa shape index (κ2) is 4.80. The largest absolute Gasteiger partial charge is 0.361 e. The lowest BCUT2D eigenvalue weighted by Gasteiger charge is -2.24. The molecule has 1 atom stereocenters. The lowest BCUT2D eigenvalue weighted by atomic mass is 10.0. The summed E-state index contributed by atoms with van der Waals surface area (Å²) in [4.78, 5) is 3.34. The number of nitrogens with one attached hydrogen (secondary N) is 3. The molecule has 3 nitrogen and oxygen atoms in total. The average Bonchev–Trinajstić information content (AvgIpc) is 2.73. The van der Waals surface area contributed by atoms with Gasteiger partial charge in [0.2, 0.25) is 0 Å². The van der Waals surface area contributed by atoms with E-state index in [0.29, 0.717) is 6.04 Å². The third-order valence-corrected chi connectivity index (χ3v) is 3.81. The Morgan fingerprint density at radius 3 is 3.06 bits per heavy atom. The Hall–Kier alpha value is -0.840.